The quantitative estimate of drug-likeness (QED) is 0.891. The normalized spacial score (nSPS) is 22.6. The van der Waals surface area contributed by atoms with Gasteiger partial charge in [-0.15, -0.1) is 0 Å². The average Bonchev–Trinajstić information content (AvgIpc) is 3.11. The smallest absolute Gasteiger partial charge is 0.270 e. The summed E-state index contributed by atoms with van der Waals surface area (Å²) in [5, 5.41) is 1.16. The third-order valence-corrected chi connectivity index (χ3v) is 4.98. The average molecular weight is 268 g/mol. The van der Waals surface area contributed by atoms with Crippen LogP contribution >= 0.6 is 0 Å². The third-order valence-electron chi connectivity index (χ3n) is 4.98. The molecule has 3 heteroatoms. The van der Waals surface area contributed by atoms with Crippen LogP contribution in [0.5, 0.6) is 0 Å². The van der Waals surface area contributed by atoms with Crippen LogP contribution in [0.4, 0.5) is 0 Å². The van der Waals surface area contributed by atoms with Gasteiger partial charge in [-0.25, -0.2) is 0 Å². The lowest BCUT2D eigenvalue weighted by atomic mass is 10.0. The van der Waals surface area contributed by atoms with E-state index in [0.29, 0.717) is 0 Å². The first-order valence-corrected chi connectivity index (χ1v) is 7.60. The number of H-pyrrole nitrogens is 1. The van der Waals surface area contributed by atoms with Crippen molar-refractivity contribution in [3.05, 3.63) is 35.5 Å². The molecule has 2 aliphatic rings. The molecule has 1 aromatic heterocycles. The van der Waals surface area contributed by atoms with E-state index in [-0.39, 0.29) is 5.91 Å². The van der Waals surface area contributed by atoms with Crippen LogP contribution in [0.2, 0.25) is 0 Å². The fourth-order valence-corrected chi connectivity index (χ4v) is 3.58. The zero-order chi connectivity index (χ0) is 13.7. The summed E-state index contributed by atoms with van der Waals surface area (Å²) in [5.74, 6) is 1.84. The van der Waals surface area contributed by atoms with E-state index < -0.39 is 0 Å². The van der Waals surface area contributed by atoms with Gasteiger partial charge in [-0.05, 0) is 49.7 Å². The number of para-hydroxylation sites is 1. The molecule has 1 aromatic carbocycles. The lowest BCUT2D eigenvalue weighted by Crippen LogP contribution is -2.29. The zero-order valence-corrected chi connectivity index (χ0v) is 11.9. The molecule has 1 aliphatic heterocycles. The Labute approximate surface area is 119 Å². The second-order valence-corrected chi connectivity index (χ2v) is 6.31. The SMILES string of the molecule is Cc1c(C(=O)N2CCC(C3CC3)C2)[nH]c2ccccc12. The van der Waals surface area contributed by atoms with Gasteiger partial charge in [-0.3, -0.25) is 4.79 Å². The van der Waals surface area contributed by atoms with Crippen LogP contribution < -0.4 is 0 Å². The molecule has 1 saturated heterocycles. The predicted octanol–water partition coefficient (Wildman–Crippen LogP) is 3.35. The fourth-order valence-electron chi connectivity index (χ4n) is 3.58. The van der Waals surface area contributed by atoms with Gasteiger partial charge in [0.15, 0.2) is 0 Å². The lowest BCUT2D eigenvalue weighted by Gasteiger charge is -2.16. The van der Waals surface area contributed by atoms with Crippen LogP contribution in [0.15, 0.2) is 24.3 Å². The van der Waals surface area contributed by atoms with Gasteiger partial charge < -0.3 is 9.88 Å². The number of nitrogens with zero attached hydrogens (tertiary/aromatic N) is 1. The van der Waals surface area contributed by atoms with Crippen molar-refractivity contribution in [2.45, 2.75) is 26.2 Å². The van der Waals surface area contributed by atoms with Crippen molar-refractivity contribution < 1.29 is 4.79 Å². The van der Waals surface area contributed by atoms with E-state index in [9.17, 15) is 4.79 Å². The highest BCUT2D eigenvalue weighted by Crippen LogP contribution is 2.41. The van der Waals surface area contributed by atoms with Gasteiger partial charge in [0.1, 0.15) is 5.69 Å². The molecule has 104 valence electrons. The molecule has 1 aliphatic carbocycles. The Kier molecular flexibility index (Phi) is 2.62. The van der Waals surface area contributed by atoms with Crippen LogP contribution in [0.25, 0.3) is 10.9 Å². The van der Waals surface area contributed by atoms with Gasteiger partial charge in [0.05, 0.1) is 0 Å². The van der Waals surface area contributed by atoms with E-state index >= 15 is 0 Å². The molecule has 1 atom stereocenters. The van der Waals surface area contributed by atoms with E-state index in [4.69, 9.17) is 0 Å². The molecule has 1 amide bonds. The largest absolute Gasteiger partial charge is 0.350 e. The van der Waals surface area contributed by atoms with Crippen molar-refractivity contribution in [2.75, 3.05) is 13.1 Å². The minimum absolute atomic E-state index is 0.182. The van der Waals surface area contributed by atoms with E-state index in [1.807, 2.05) is 30.0 Å². The van der Waals surface area contributed by atoms with Crippen LogP contribution in [-0.2, 0) is 0 Å². The number of aromatic amines is 1. The Morgan fingerprint density at radius 1 is 1.20 bits per heavy atom. The number of likely N-dealkylation sites (tertiary alicyclic amines) is 1. The topological polar surface area (TPSA) is 36.1 Å². The Morgan fingerprint density at radius 3 is 2.75 bits per heavy atom. The van der Waals surface area contributed by atoms with Crippen molar-refractivity contribution in [3.8, 4) is 0 Å². The highest BCUT2D eigenvalue weighted by molar-refractivity contribution is 6.00. The van der Waals surface area contributed by atoms with Crippen molar-refractivity contribution in [1.29, 1.82) is 0 Å². The van der Waals surface area contributed by atoms with Crippen LogP contribution in [-0.4, -0.2) is 28.9 Å². The molecule has 0 spiro atoms. The monoisotopic (exact) mass is 268 g/mol. The number of hydrogen-bond acceptors (Lipinski definition) is 1. The summed E-state index contributed by atoms with van der Waals surface area (Å²) >= 11 is 0. The number of nitrogens with one attached hydrogen (secondary N) is 1. The molecule has 2 fully saturated rings. The predicted molar refractivity (Wildman–Crippen MR) is 79.8 cm³/mol. The Morgan fingerprint density at radius 2 is 2.00 bits per heavy atom. The molecule has 0 bridgehead atoms. The number of aromatic nitrogens is 1. The fraction of sp³-hybridized carbons (Fsp3) is 0.471. The summed E-state index contributed by atoms with van der Waals surface area (Å²) in [5.41, 5.74) is 2.93. The maximum atomic E-state index is 12.7. The standard InChI is InChI=1S/C17H20N2O/c1-11-14-4-2-3-5-15(14)18-16(11)17(20)19-9-8-13(10-19)12-6-7-12/h2-5,12-13,18H,6-10H2,1H3. The van der Waals surface area contributed by atoms with Crippen LogP contribution in [0.1, 0.15) is 35.3 Å². The summed E-state index contributed by atoms with van der Waals surface area (Å²) in [7, 11) is 0. The van der Waals surface area contributed by atoms with Gasteiger partial charge in [0, 0.05) is 24.0 Å². The van der Waals surface area contributed by atoms with Gasteiger partial charge >= 0.3 is 0 Å². The number of fused-ring (bicyclic) bond motifs is 1. The molecule has 3 nitrogen and oxygen atoms in total. The number of carbonyl (C=O) groups excluding carboxylic acids is 1. The summed E-state index contributed by atoms with van der Waals surface area (Å²) in [6, 6.07) is 8.15. The number of benzene rings is 1. The van der Waals surface area contributed by atoms with Gasteiger partial charge in [-0.1, -0.05) is 18.2 Å². The highest BCUT2D eigenvalue weighted by Gasteiger charge is 2.37. The first-order chi connectivity index (χ1) is 9.74. The third kappa shape index (κ3) is 1.84. The second kappa shape index (κ2) is 4.37. The molecule has 1 N–H and O–H groups in total. The number of hydrogen-bond donors (Lipinski definition) is 1. The van der Waals surface area contributed by atoms with Crippen LogP contribution in [0, 0.1) is 18.8 Å². The van der Waals surface area contributed by atoms with Crippen molar-refractivity contribution in [3.63, 3.8) is 0 Å². The Balaban J connectivity index is 1.62. The molecule has 1 saturated carbocycles. The zero-order valence-electron chi connectivity index (χ0n) is 11.9. The molecule has 2 aromatic rings. The number of aryl methyl sites for hydroxylation is 1. The Bertz CT molecular complexity index is 669. The molecule has 4 rings (SSSR count). The minimum atomic E-state index is 0.182. The van der Waals surface area contributed by atoms with E-state index in [2.05, 4.69) is 11.1 Å². The van der Waals surface area contributed by atoms with Gasteiger partial charge in [-0.2, -0.15) is 0 Å². The molecular formula is C17H20N2O. The lowest BCUT2D eigenvalue weighted by molar-refractivity contribution is 0.0780. The van der Waals surface area contributed by atoms with E-state index in [1.54, 1.807) is 0 Å². The van der Waals surface area contributed by atoms with Crippen molar-refractivity contribution in [2.24, 2.45) is 11.8 Å². The van der Waals surface area contributed by atoms with Gasteiger partial charge in [0.2, 0.25) is 0 Å². The number of rotatable bonds is 2. The highest BCUT2D eigenvalue weighted by atomic mass is 16.2. The van der Waals surface area contributed by atoms with Gasteiger partial charge in [0.25, 0.3) is 5.91 Å². The van der Waals surface area contributed by atoms with Crippen molar-refractivity contribution in [1.82, 2.24) is 9.88 Å². The summed E-state index contributed by atoms with van der Waals surface area (Å²) < 4.78 is 0. The van der Waals surface area contributed by atoms with E-state index in [1.165, 1.54) is 19.3 Å². The maximum Gasteiger partial charge on any atom is 0.270 e. The number of amides is 1. The molecule has 1 unspecified atom stereocenters. The summed E-state index contributed by atoms with van der Waals surface area (Å²) in [6.45, 7) is 3.92. The van der Waals surface area contributed by atoms with Crippen LogP contribution in [0.3, 0.4) is 0 Å². The van der Waals surface area contributed by atoms with Crippen molar-refractivity contribution >= 4 is 16.8 Å². The second-order valence-electron chi connectivity index (χ2n) is 6.31. The van der Waals surface area contributed by atoms with E-state index in [0.717, 1.165) is 47.1 Å². The first kappa shape index (κ1) is 12.0. The summed E-state index contributed by atoms with van der Waals surface area (Å²) in [4.78, 5) is 18.1. The number of carbonyl (C=O) groups is 1. The first-order valence-electron chi connectivity index (χ1n) is 7.60. The summed E-state index contributed by atoms with van der Waals surface area (Å²) in [6.07, 6.45) is 3.94. The molecular weight excluding hydrogens is 248 g/mol. The minimum Gasteiger partial charge on any atom is -0.350 e. The molecule has 2 heterocycles. The Hall–Kier alpha value is -1.77. The molecule has 0 radical (unpaired) electrons. The molecule has 20 heavy (non-hydrogen) atoms. The maximum absolute atomic E-state index is 12.7.